The lowest BCUT2D eigenvalue weighted by atomic mass is 10.1. The second-order valence-corrected chi connectivity index (χ2v) is 3.91. The molecule has 0 bridgehead atoms. The summed E-state index contributed by atoms with van der Waals surface area (Å²) in [6, 6.07) is 0. The van der Waals surface area contributed by atoms with Crippen LogP contribution >= 0.6 is 0 Å². The van der Waals surface area contributed by atoms with Crippen molar-refractivity contribution >= 4 is 6.09 Å². The molecule has 1 aliphatic heterocycles. The molecule has 6 heteroatoms. The molecule has 6 nitrogen and oxygen atoms in total. The number of ether oxygens (including phenoxy) is 2. The molecule has 0 amide bonds. The number of aromatic nitrogens is 2. The Labute approximate surface area is 99.2 Å². The topological polar surface area (TPSA) is 73.6 Å². The Morgan fingerprint density at radius 1 is 1.71 bits per heavy atom. The van der Waals surface area contributed by atoms with E-state index >= 15 is 0 Å². The molecule has 1 aromatic heterocycles. The lowest BCUT2D eigenvalue weighted by Gasteiger charge is -2.08. The minimum absolute atomic E-state index is 0.0229. The molecule has 0 spiro atoms. The van der Waals surface area contributed by atoms with Crippen LogP contribution in [0.4, 0.5) is 4.79 Å². The van der Waals surface area contributed by atoms with Crippen LogP contribution in [0.3, 0.4) is 0 Å². The van der Waals surface area contributed by atoms with Crippen LogP contribution in [0.2, 0.25) is 0 Å². The van der Waals surface area contributed by atoms with Gasteiger partial charge in [0.05, 0.1) is 25.0 Å². The molecule has 1 fully saturated rings. The molecule has 0 unspecified atom stereocenters. The molecule has 0 aliphatic carbocycles. The highest BCUT2D eigenvalue weighted by molar-refractivity contribution is 5.70. The third-order valence-electron chi connectivity index (χ3n) is 2.72. The van der Waals surface area contributed by atoms with E-state index in [4.69, 9.17) is 14.6 Å². The third-order valence-corrected chi connectivity index (χ3v) is 2.72. The zero-order chi connectivity index (χ0) is 12.3. The molecule has 1 saturated heterocycles. The quantitative estimate of drug-likeness (QED) is 0.856. The Morgan fingerprint density at radius 3 is 3.18 bits per heavy atom. The van der Waals surface area contributed by atoms with E-state index in [0.29, 0.717) is 12.3 Å². The Morgan fingerprint density at radius 2 is 2.53 bits per heavy atom. The Hall–Kier alpha value is -1.40. The number of hydrogen-bond donors (Lipinski definition) is 1. The van der Waals surface area contributed by atoms with Crippen LogP contribution in [-0.4, -0.2) is 40.1 Å². The number of imidazole rings is 1. The number of carbonyl (C=O) groups is 1. The summed E-state index contributed by atoms with van der Waals surface area (Å²) in [4.78, 5) is 15.5. The average molecular weight is 240 g/mol. The van der Waals surface area contributed by atoms with Gasteiger partial charge in [-0.15, -0.1) is 0 Å². The minimum Gasteiger partial charge on any atom is -0.449 e. The average Bonchev–Trinajstić information content (AvgIpc) is 2.98. The van der Waals surface area contributed by atoms with Gasteiger partial charge < -0.3 is 14.6 Å². The summed E-state index contributed by atoms with van der Waals surface area (Å²) < 4.78 is 11.7. The number of nitrogens with zero attached hydrogens (tertiary/aromatic N) is 2. The standard InChI is InChI=1S/C11H16N2O4/c1-2-16-11(15)13-5-9(12-7-13)10-4-3-8(6-14)17-10/h5,7-8,10,14H,2-4,6H2,1H3/t8-,10+/m1/s1. The number of rotatable bonds is 3. The fourth-order valence-electron chi connectivity index (χ4n) is 1.86. The Bertz CT molecular complexity index is 391. The van der Waals surface area contributed by atoms with Crippen molar-refractivity contribution in [1.82, 2.24) is 9.55 Å². The molecule has 1 aliphatic rings. The van der Waals surface area contributed by atoms with Crippen molar-refractivity contribution in [2.75, 3.05) is 13.2 Å². The molecule has 0 aromatic carbocycles. The molecule has 1 N–H and O–H groups in total. The number of aliphatic hydroxyl groups excluding tert-OH is 1. The predicted octanol–water partition coefficient (Wildman–Crippen LogP) is 1.10. The first-order valence-corrected chi connectivity index (χ1v) is 5.72. The summed E-state index contributed by atoms with van der Waals surface area (Å²) >= 11 is 0. The lowest BCUT2D eigenvalue weighted by Crippen LogP contribution is -2.12. The van der Waals surface area contributed by atoms with Gasteiger partial charge >= 0.3 is 6.09 Å². The first kappa shape index (κ1) is 12.1. The highest BCUT2D eigenvalue weighted by Crippen LogP contribution is 2.31. The molecule has 1 aromatic rings. The monoisotopic (exact) mass is 240 g/mol. The second kappa shape index (κ2) is 5.29. The number of hydrogen-bond acceptors (Lipinski definition) is 5. The lowest BCUT2D eigenvalue weighted by molar-refractivity contribution is 0.00936. The van der Waals surface area contributed by atoms with Gasteiger partial charge in [-0.1, -0.05) is 0 Å². The van der Waals surface area contributed by atoms with Gasteiger partial charge in [0.15, 0.2) is 0 Å². The van der Waals surface area contributed by atoms with Crippen molar-refractivity contribution in [3.63, 3.8) is 0 Å². The molecule has 2 heterocycles. The van der Waals surface area contributed by atoms with E-state index in [-0.39, 0.29) is 18.8 Å². The first-order valence-electron chi connectivity index (χ1n) is 5.72. The third kappa shape index (κ3) is 2.65. The highest BCUT2D eigenvalue weighted by Gasteiger charge is 2.27. The van der Waals surface area contributed by atoms with Crippen LogP contribution < -0.4 is 0 Å². The van der Waals surface area contributed by atoms with Crippen molar-refractivity contribution < 1.29 is 19.4 Å². The Balaban J connectivity index is 2.01. The molecular weight excluding hydrogens is 224 g/mol. The summed E-state index contributed by atoms with van der Waals surface area (Å²) in [6.07, 6.45) is 3.96. The molecule has 17 heavy (non-hydrogen) atoms. The van der Waals surface area contributed by atoms with Crippen LogP contribution in [0.1, 0.15) is 31.6 Å². The van der Waals surface area contributed by atoms with Crippen LogP contribution in [0, 0.1) is 0 Å². The number of carbonyl (C=O) groups excluding carboxylic acids is 1. The molecule has 2 atom stereocenters. The summed E-state index contributed by atoms with van der Waals surface area (Å²) in [5.74, 6) is 0. The summed E-state index contributed by atoms with van der Waals surface area (Å²) in [5.41, 5.74) is 0.703. The normalized spacial score (nSPS) is 23.9. The molecule has 0 radical (unpaired) electrons. The largest absolute Gasteiger partial charge is 0.449 e. The van der Waals surface area contributed by atoms with Gasteiger partial charge in [0, 0.05) is 6.20 Å². The van der Waals surface area contributed by atoms with Crippen molar-refractivity contribution in [1.29, 1.82) is 0 Å². The van der Waals surface area contributed by atoms with Gasteiger partial charge in [-0.2, -0.15) is 0 Å². The van der Waals surface area contributed by atoms with E-state index in [0.717, 1.165) is 12.8 Å². The van der Waals surface area contributed by atoms with Crippen molar-refractivity contribution in [3.8, 4) is 0 Å². The van der Waals surface area contributed by atoms with E-state index < -0.39 is 6.09 Å². The first-order chi connectivity index (χ1) is 8.24. The van der Waals surface area contributed by atoms with Crippen LogP contribution in [0.25, 0.3) is 0 Å². The molecule has 2 rings (SSSR count). The van der Waals surface area contributed by atoms with Gasteiger partial charge in [0.2, 0.25) is 0 Å². The SMILES string of the molecule is CCOC(=O)n1cnc([C@@H]2CC[C@H](CO)O2)c1. The second-order valence-electron chi connectivity index (χ2n) is 3.91. The minimum atomic E-state index is -0.442. The van der Waals surface area contributed by atoms with Crippen LogP contribution in [0.5, 0.6) is 0 Å². The van der Waals surface area contributed by atoms with Crippen molar-refractivity contribution in [2.24, 2.45) is 0 Å². The van der Waals surface area contributed by atoms with Gasteiger partial charge in [-0.05, 0) is 19.8 Å². The van der Waals surface area contributed by atoms with E-state index in [1.54, 1.807) is 13.1 Å². The Kier molecular flexibility index (Phi) is 3.75. The predicted molar refractivity (Wildman–Crippen MR) is 58.6 cm³/mol. The maximum absolute atomic E-state index is 11.4. The highest BCUT2D eigenvalue weighted by atomic mass is 16.5. The van der Waals surface area contributed by atoms with E-state index in [9.17, 15) is 4.79 Å². The smallest absolute Gasteiger partial charge is 0.419 e. The van der Waals surface area contributed by atoms with Crippen LogP contribution in [0.15, 0.2) is 12.5 Å². The summed E-state index contributed by atoms with van der Waals surface area (Å²) in [5, 5.41) is 8.97. The molecular formula is C11H16N2O4. The van der Waals surface area contributed by atoms with Gasteiger partial charge in [0.1, 0.15) is 12.4 Å². The van der Waals surface area contributed by atoms with Crippen molar-refractivity contribution in [3.05, 3.63) is 18.2 Å². The fraction of sp³-hybridized carbons (Fsp3) is 0.636. The van der Waals surface area contributed by atoms with Gasteiger partial charge in [-0.3, -0.25) is 0 Å². The van der Waals surface area contributed by atoms with E-state index in [1.807, 2.05) is 0 Å². The van der Waals surface area contributed by atoms with Gasteiger partial charge in [-0.25, -0.2) is 14.3 Å². The molecule has 0 saturated carbocycles. The number of aliphatic hydroxyl groups is 1. The van der Waals surface area contributed by atoms with E-state index in [2.05, 4.69) is 4.98 Å². The van der Waals surface area contributed by atoms with Crippen LogP contribution in [-0.2, 0) is 9.47 Å². The maximum Gasteiger partial charge on any atom is 0.419 e. The zero-order valence-electron chi connectivity index (χ0n) is 9.70. The van der Waals surface area contributed by atoms with E-state index in [1.165, 1.54) is 10.9 Å². The summed E-state index contributed by atoms with van der Waals surface area (Å²) in [6.45, 7) is 2.11. The zero-order valence-corrected chi connectivity index (χ0v) is 9.70. The summed E-state index contributed by atoms with van der Waals surface area (Å²) in [7, 11) is 0. The van der Waals surface area contributed by atoms with Gasteiger partial charge in [0.25, 0.3) is 0 Å². The van der Waals surface area contributed by atoms with Crippen molar-refractivity contribution in [2.45, 2.75) is 32.0 Å². The fourth-order valence-corrected chi connectivity index (χ4v) is 1.86. The maximum atomic E-state index is 11.4. The molecule has 94 valence electrons.